The monoisotopic (exact) mass is 1260 g/mol. The van der Waals surface area contributed by atoms with E-state index in [-0.39, 0.29) is 0 Å². The maximum atomic E-state index is 2.32. The van der Waals surface area contributed by atoms with Crippen molar-refractivity contribution in [3.8, 4) is 0 Å². The molecule has 0 unspecified atom stereocenters. The molecular weight excluding hydrogens is 1180 g/mol. The highest BCUT2D eigenvalue weighted by atomic mass is 15.1. The zero-order valence-electron chi connectivity index (χ0n) is 55.3. The van der Waals surface area contributed by atoms with E-state index in [1.54, 1.807) is 0 Å². The fourth-order valence-corrected chi connectivity index (χ4v) is 11.8. The summed E-state index contributed by atoms with van der Waals surface area (Å²) >= 11 is 0. The largest absolute Gasteiger partial charge is 0.311 e. The third-order valence-electron chi connectivity index (χ3n) is 17.3. The number of anilines is 6. The summed E-state index contributed by atoms with van der Waals surface area (Å²) in [5, 5.41) is 0. The molecule has 0 heterocycles. The molecule has 13 aromatic rings. The van der Waals surface area contributed by atoms with Gasteiger partial charge < -0.3 is 9.80 Å². The Morgan fingerprint density at radius 1 is 0.184 bits per heavy atom. The van der Waals surface area contributed by atoms with E-state index >= 15 is 0 Å². The molecule has 0 saturated heterocycles. The van der Waals surface area contributed by atoms with Crippen molar-refractivity contribution in [3.63, 3.8) is 0 Å². The van der Waals surface area contributed by atoms with Crippen LogP contribution in [0.2, 0.25) is 0 Å². The van der Waals surface area contributed by atoms with Crippen LogP contribution in [0.25, 0.3) is 71.9 Å². The van der Waals surface area contributed by atoms with Crippen LogP contribution >= 0.6 is 0 Å². The lowest BCUT2D eigenvalue weighted by atomic mass is 9.97. The average molecular weight is 1260 g/mol. The molecule has 0 aliphatic rings. The quantitative estimate of drug-likeness (QED) is 0.0493. The van der Waals surface area contributed by atoms with E-state index in [2.05, 4.69) is 448 Å². The van der Waals surface area contributed by atoms with Crippen molar-refractivity contribution in [2.24, 2.45) is 0 Å². The molecule has 470 valence electrons. The second-order valence-corrected chi connectivity index (χ2v) is 24.4. The minimum absolute atomic E-state index is 1.09. The topological polar surface area (TPSA) is 6.48 Å². The molecule has 98 heavy (non-hydrogen) atoms. The van der Waals surface area contributed by atoms with Crippen LogP contribution in [0, 0.1) is 13.8 Å². The SMILES string of the molecule is Cc1ccc(N(c2ccc(C=Cc3ccc(C=CC=C(c4ccccc4)c4ccccc4)cc3)cc2)c2ccc(C=Cc3ccc(C=Cc4ccc(N(c5ccc(C)cc5)c5ccc(C=Cc6ccc(C=CC=C(c7ccccc7)c7ccccc7)cc6)cc5)cc4)cc3)cc2)cc1. The van der Waals surface area contributed by atoms with E-state index < -0.39 is 0 Å². The van der Waals surface area contributed by atoms with Crippen LogP contribution in [-0.2, 0) is 0 Å². The van der Waals surface area contributed by atoms with Gasteiger partial charge in [0.05, 0.1) is 0 Å². The van der Waals surface area contributed by atoms with Gasteiger partial charge >= 0.3 is 0 Å². The lowest BCUT2D eigenvalue weighted by molar-refractivity contribution is 1.27. The van der Waals surface area contributed by atoms with Gasteiger partial charge in [-0.3, -0.25) is 0 Å². The fourth-order valence-electron chi connectivity index (χ4n) is 11.8. The molecule has 13 rings (SSSR count). The first-order valence-corrected chi connectivity index (χ1v) is 33.5. The van der Waals surface area contributed by atoms with Crippen LogP contribution in [0.1, 0.15) is 89.0 Å². The first-order chi connectivity index (χ1) is 48.3. The molecule has 0 atom stereocenters. The molecule has 0 amide bonds. The lowest BCUT2D eigenvalue weighted by Crippen LogP contribution is -2.09. The normalized spacial score (nSPS) is 11.5. The Hall–Kier alpha value is -12.6. The standard InChI is InChI=1S/C96H76N2/c1-73-29-61-89(62-30-73)97(91-65-53-81(54-66-91)49-45-77-37-33-75(34-38-77)17-15-27-95(85-19-7-3-8-20-85)86-21-9-4-10-22-86)93-69-57-83(58-70-93)51-47-79-41-43-80(44-42-79)48-52-84-59-71-94(72-60-84)98(90-63-31-74(2)32-64-90)92-67-55-82(56-68-92)50-46-78-39-35-76(36-40-78)18-16-28-96(87-23-11-5-12-24-87)88-25-13-6-14-26-88/h3-72H,1-2H3. The van der Waals surface area contributed by atoms with E-state index in [1.165, 1.54) is 44.5 Å². The summed E-state index contributed by atoms with van der Waals surface area (Å²) in [5.41, 5.74) is 27.6. The molecule has 0 aliphatic heterocycles. The predicted octanol–water partition coefficient (Wildman–Crippen LogP) is 26.2. The number of benzene rings is 13. The summed E-state index contributed by atoms with van der Waals surface area (Å²) in [4.78, 5) is 4.64. The van der Waals surface area contributed by atoms with Crippen LogP contribution in [0.3, 0.4) is 0 Å². The van der Waals surface area contributed by atoms with Gasteiger partial charge in [-0.1, -0.05) is 363 Å². The predicted molar refractivity (Wildman–Crippen MR) is 425 cm³/mol. The fraction of sp³-hybridized carbons (Fsp3) is 0.0208. The minimum atomic E-state index is 1.09. The average Bonchev–Trinajstić information content (AvgIpc) is 0.819. The highest BCUT2D eigenvalue weighted by Crippen LogP contribution is 2.38. The highest BCUT2D eigenvalue weighted by Gasteiger charge is 2.15. The van der Waals surface area contributed by atoms with Crippen molar-refractivity contribution >= 4 is 106 Å². The van der Waals surface area contributed by atoms with Crippen molar-refractivity contribution in [1.82, 2.24) is 0 Å². The van der Waals surface area contributed by atoms with E-state index in [0.29, 0.717) is 0 Å². The van der Waals surface area contributed by atoms with Crippen LogP contribution in [0.4, 0.5) is 34.1 Å². The van der Waals surface area contributed by atoms with E-state index in [0.717, 1.165) is 89.8 Å². The molecule has 0 aromatic heterocycles. The smallest absolute Gasteiger partial charge is 0.0462 e. The number of rotatable bonds is 22. The molecular formula is C96H76N2. The Kier molecular flexibility index (Phi) is 20.9. The molecule has 0 bridgehead atoms. The Morgan fingerprint density at radius 3 is 0.541 bits per heavy atom. The minimum Gasteiger partial charge on any atom is -0.311 e. The maximum absolute atomic E-state index is 2.32. The van der Waals surface area contributed by atoms with Crippen molar-refractivity contribution in [3.05, 3.63) is 453 Å². The molecule has 0 spiro atoms. The maximum Gasteiger partial charge on any atom is 0.0462 e. The van der Waals surface area contributed by atoms with Crippen LogP contribution in [0.5, 0.6) is 0 Å². The Labute approximate surface area is 579 Å². The van der Waals surface area contributed by atoms with Gasteiger partial charge in [-0.05, 0) is 176 Å². The Bertz CT molecular complexity index is 4540. The molecule has 0 radical (unpaired) electrons. The van der Waals surface area contributed by atoms with E-state index in [9.17, 15) is 0 Å². The van der Waals surface area contributed by atoms with Crippen LogP contribution in [-0.4, -0.2) is 0 Å². The first-order valence-electron chi connectivity index (χ1n) is 33.5. The highest BCUT2D eigenvalue weighted by molar-refractivity contribution is 5.85. The molecule has 0 fully saturated rings. The number of hydrogen-bond donors (Lipinski definition) is 0. The Morgan fingerprint density at radius 2 is 0.347 bits per heavy atom. The van der Waals surface area contributed by atoms with Gasteiger partial charge in [0.25, 0.3) is 0 Å². The molecule has 2 heteroatoms. The third-order valence-corrected chi connectivity index (χ3v) is 17.3. The molecule has 0 N–H and O–H groups in total. The zero-order chi connectivity index (χ0) is 66.5. The summed E-state index contributed by atoms with van der Waals surface area (Å²) in [5.74, 6) is 0. The van der Waals surface area contributed by atoms with Crippen molar-refractivity contribution in [2.75, 3.05) is 9.80 Å². The summed E-state index contributed by atoms with van der Waals surface area (Å²) in [6, 6.07) is 121. The van der Waals surface area contributed by atoms with Crippen molar-refractivity contribution in [1.29, 1.82) is 0 Å². The first kappa shape index (κ1) is 64.1. The van der Waals surface area contributed by atoms with Gasteiger partial charge in [0.1, 0.15) is 0 Å². The van der Waals surface area contributed by atoms with Crippen LogP contribution < -0.4 is 9.80 Å². The molecule has 0 aliphatic carbocycles. The van der Waals surface area contributed by atoms with Gasteiger partial charge in [0.2, 0.25) is 0 Å². The lowest BCUT2D eigenvalue weighted by Gasteiger charge is -2.26. The second kappa shape index (κ2) is 32.0. The van der Waals surface area contributed by atoms with Gasteiger partial charge in [-0.15, -0.1) is 0 Å². The summed E-state index contributed by atoms with van der Waals surface area (Å²) < 4.78 is 0. The molecule has 13 aromatic carbocycles. The summed E-state index contributed by atoms with van der Waals surface area (Å²) in [6.07, 6.45) is 30.5. The van der Waals surface area contributed by atoms with Gasteiger partial charge in [-0.25, -0.2) is 0 Å². The second-order valence-electron chi connectivity index (χ2n) is 24.4. The molecule has 0 saturated carbocycles. The third kappa shape index (κ3) is 17.2. The van der Waals surface area contributed by atoms with E-state index in [1.807, 2.05) is 0 Å². The van der Waals surface area contributed by atoms with Crippen LogP contribution in [0.15, 0.2) is 364 Å². The van der Waals surface area contributed by atoms with Gasteiger partial charge in [0, 0.05) is 34.1 Å². The number of allylic oxidation sites excluding steroid dienone is 4. The van der Waals surface area contributed by atoms with Gasteiger partial charge in [-0.2, -0.15) is 0 Å². The Balaban J connectivity index is 0.619. The van der Waals surface area contributed by atoms with Crippen molar-refractivity contribution < 1.29 is 0 Å². The zero-order valence-corrected chi connectivity index (χ0v) is 55.3. The number of nitrogens with zero attached hydrogens (tertiary/aromatic N) is 2. The molecule has 2 nitrogen and oxygen atoms in total. The summed E-state index contributed by atoms with van der Waals surface area (Å²) in [6.45, 7) is 4.26. The summed E-state index contributed by atoms with van der Waals surface area (Å²) in [7, 11) is 0. The number of aryl methyl sites for hydroxylation is 2. The van der Waals surface area contributed by atoms with Crippen molar-refractivity contribution in [2.45, 2.75) is 13.8 Å². The number of hydrogen-bond acceptors (Lipinski definition) is 2. The van der Waals surface area contributed by atoms with E-state index in [4.69, 9.17) is 0 Å². The van der Waals surface area contributed by atoms with Gasteiger partial charge in [0.15, 0.2) is 0 Å².